The topological polar surface area (TPSA) is 84.2 Å². The second kappa shape index (κ2) is 4.99. The summed E-state index contributed by atoms with van der Waals surface area (Å²) in [6.45, 7) is 1.88. The second-order valence-electron chi connectivity index (χ2n) is 3.98. The summed E-state index contributed by atoms with van der Waals surface area (Å²) >= 11 is 3.27. The van der Waals surface area contributed by atoms with Gasteiger partial charge in [0, 0.05) is 11.6 Å². The Hall–Kier alpha value is -1.53. The van der Waals surface area contributed by atoms with Gasteiger partial charge in [-0.05, 0) is 35.0 Å². The Kier molecular flexibility index (Phi) is 3.58. The molecule has 96 valence electrons. The molecule has 5 nitrogen and oxygen atoms in total. The predicted molar refractivity (Wildman–Crippen MR) is 72.5 cm³/mol. The lowest BCUT2D eigenvalue weighted by atomic mass is 10.2. The molecule has 1 atom stereocenters. The zero-order valence-corrected chi connectivity index (χ0v) is 11.7. The fourth-order valence-electron chi connectivity index (χ4n) is 1.58. The standard InChI is InChI=1S/C12H14BrN3O2/c1-6(14)9-5-15-12(16-9)7-3-8(13)11(17)10(4-7)18-2/h3-6,17H,14H2,1-2H3,(H,15,16). The van der Waals surface area contributed by atoms with Gasteiger partial charge in [0.15, 0.2) is 11.5 Å². The van der Waals surface area contributed by atoms with Crippen molar-refractivity contribution in [3.8, 4) is 22.9 Å². The van der Waals surface area contributed by atoms with E-state index < -0.39 is 0 Å². The molecule has 0 saturated heterocycles. The fourth-order valence-corrected chi connectivity index (χ4v) is 2.02. The Labute approximate surface area is 113 Å². The van der Waals surface area contributed by atoms with Crippen LogP contribution in [-0.2, 0) is 0 Å². The molecule has 0 aliphatic rings. The Bertz CT molecular complexity index is 566. The van der Waals surface area contributed by atoms with Crippen LogP contribution >= 0.6 is 15.9 Å². The molecule has 0 bridgehead atoms. The number of aromatic amines is 1. The molecule has 6 heteroatoms. The van der Waals surface area contributed by atoms with E-state index in [1.807, 2.05) is 6.92 Å². The van der Waals surface area contributed by atoms with Crippen molar-refractivity contribution < 1.29 is 9.84 Å². The molecule has 0 radical (unpaired) electrons. The van der Waals surface area contributed by atoms with Crippen molar-refractivity contribution in [2.75, 3.05) is 7.11 Å². The van der Waals surface area contributed by atoms with E-state index in [4.69, 9.17) is 10.5 Å². The Morgan fingerprint density at radius 3 is 2.78 bits per heavy atom. The average molecular weight is 312 g/mol. The summed E-state index contributed by atoms with van der Waals surface area (Å²) in [5.74, 6) is 1.14. The molecule has 1 aromatic heterocycles. The van der Waals surface area contributed by atoms with E-state index in [-0.39, 0.29) is 11.8 Å². The third-order valence-electron chi connectivity index (χ3n) is 2.61. The summed E-state index contributed by atoms with van der Waals surface area (Å²) in [4.78, 5) is 7.39. The normalized spacial score (nSPS) is 12.4. The smallest absolute Gasteiger partial charge is 0.172 e. The number of phenols is 1. The van der Waals surface area contributed by atoms with Gasteiger partial charge in [0.2, 0.25) is 0 Å². The first-order valence-corrected chi connectivity index (χ1v) is 6.19. The summed E-state index contributed by atoms with van der Waals surface area (Å²) in [7, 11) is 1.50. The van der Waals surface area contributed by atoms with E-state index in [1.54, 1.807) is 18.3 Å². The summed E-state index contributed by atoms with van der Waals surface area (Å²) in [6.07, 6.45) is 1.70. The zero-order chi connectivity index (χ0) is 13.3. The van der Waals surface area contributed by atoms with Gasteiger partial charge in [-0.25, -0.2) is 4.98 Å². The number of benzene rings is 1. The third-order valence-corrected chi connectivity index (χ3v) is 3.21. The molecule has 0 spiro atoms. The van der Waals surface area contributed by atoms with Crippen LogP contribution in [0.25, 0.3) is 11.4 Å². The molecule has 0 amide bonds. The number of ether oxygens (including phenoxy) is 1. The quantitative estimate of drug-likeness (QED) is 0.813. The number of nitrogens with zero attached hydrogens (tertiary/aromatic N) is 1. The molecule has 4 N–H and O–H groups in total. The van der Waals surface area contributed by atoms with Gasteiger partial charge in [0.1, 0.15) is 5.82 Å². The fraction of sp³-hybridized carbons (Fsp3) is 0.250. The van der Waals surface area contributed by atoms with Crippen molar-refractivity contribution in [2.24, 2.45) is 5.73 Å². The molecule has 0 aliphatic heterocycles. The number of imidazole rings is 1. The summed E-state index contributed by atoms with van der Waals surface area (Å²) < 4.78 is 5.65. The van der Waals surface area contributed by atoms with Crippen LogP contribution in [0.4, 0.5) is 0 Å². The van der Waals surface area contributed by atoms with Crippen molar-refractivity contribution in [1.82, 2.24) is 9.97 Å². The lowest BCUT2D eigenvalue weighted by molar-refractivity contribution is 0.372. The first-order chi connectivity index (χ1) is 8.52. The van der Waals surface area contributed by atoms with Gasteiger partial charge < -0.3 is 20.6 Å². The monoisotopic (exact) mass is 311 g/mol. The Morgan fingerprint density at radius 1 is 1.50 bits per heavy atom. The number of halogens is 1. The number of nitrogens with one attached hydrogen (secondary N) is 1. The molecule has 1 aromatic carbocycles. The lowest BCUT2D eigenvalue weighted by Crippen LogP contribution is -2.04. The molecular weight excluding hydrogens is 298 g/mol. The number of phenolic OH excluding ortho intramolecular Hbond substituents is 1. The average Bonchev–Trinajstić information content (AvgIpc) is 2.82. The van der Waals surface area contributed by atoms with E-state index in [0.717, 1.165) is 11.3 Å². The van der Waals surface area contributed by atoms with Crippen molar-refractivity contribution in [2.45, 2.75) is 13.0 Å². The minimum Gasteiger partial charge on any atom is -0.503 e. The predicted octanol–water partition coefficient (Wildman–Crippen LogP) is 2.57. The summed E-state index contributed by atoms with van der Waals surface area (Å²) in [5.41, 5.74) is 7.43. The number of methoxy groups -OCH3 is 1. The van der Waals surface area contributed by atoms with E-state index in [0.29, 0.717) is 16.0 Å². The number of nitrogens with two attached hydrogens (primary N) is 1. The number of hydrogen-bond donors (Lipinski definition) is 3. The maximum Gasteiger partial charge on any atom is 0.172 e. The second-order valence-corrected chi connectivity index (χ2v) is 4.84. The van der Waals surface area contributed by atoms with Crippen LogP contribution in [0.5, 0.6) is 11.5 Å². The van der Waals surface area contributed by atoms with Gasteiger partial charge >= 0.3 is 0 Å². The van der Waals surface area contributed by atoms with E-state index in [9.17, 15) is 5.11 Å². The highest BCUT2D eigenvalue weighted by Crippen LogP contribution is 2.37. The van der Waals surface area contributed by atoms with E-state index in [2.05, 4.69) is 25.9 Å². The molecule has 18 heavy (non-hydrogen) atoms. The van der Waals surface area contributed by atoms with Gasteiger partial charge in [0.05, 0.1) is 23.5 Å². The van der Waals surface area contributed by atoms with Crippen LogP contribution in [0.3, 0.4) is 0 Å². The van der Waals surface area contributed by atoms with Gasteiger partial charge in [-0.3, -0.25) is 0 Å². The van der Waals surface area contributed by atoms with Gasteiger partial charge in [-0.15, -0.1) is 0 Å². The highest BCUT2D eigenvalue weighted by atomic mass is 79.9. The van der Waals surface area contributed by atoms with Crippen LogP contribution in [-0.4, -0.2) is 22.2 Å². The molecule has 0 fully saturated rings. The Morgan fingerprint density at radius 2 is 2.22 bits per heavy atom. The minimum absolute atomic E-state index is 0.0697. The van der Waals surface area contributed by atoms with Gasteiger partial charge in [-0.1, -0.05) is 0 Å². The van der Waals surface area contributed by atoms with E-state index >= 15 is 0 Å². The van der Waals surface area contributed by atoms with Crippen molar-refractivity contribution >= 4 is 15.9 Å². The number of aromatic hydroxyl groups is 1. The van der Waals surface area contributed by atoms with Gasteiger partial charge in [-0.2, -0.15) is 0 Å². The number of hydrogen-bond acceptors (Lipinski definition) is 4. The van der Waals surface area contributed by atoms with Crippen LogP contribution < -0.4 is 10.5 Å². The van der Waals surface area contributed by atoms with Crippen LogP contribution in [0.1, 0.15) is 18.7 Å². The lowest BCUT2D eigenvalue weighted by Gasteiger charge is -2.07. The molecular formula is C12H14BrN3O2. The Balaban J connectivity index is 2.47. The van der Waals surface area contributed by atoms with Crippen molar-refractivity contribution in [3.63, 3.8) is 0 Å². The number of rotatable bonds is 3. The highest BCUT2D eigenvalue weighted by Gasteiger charge is 2.12. The van der Waals surface area contributed by atoms with Crippen LogP contribution in [0.2, 0.25) is 0 Å². The van der Waals surface area contributed by atoms with Crippen LogP contribution in [0, 0.1) is 0 Å². The number of H-pyrrole nitrogens is 1. The number of aromatic nitrogens is 2. The SMILES string of the molecule is COc1cc(-c2ncc(C(C)N)[nH]2)cc(Br)c1O. The van der Waals surface area contributed by atoms with E-state index in [1.165, 1.54) is 7.11 Å². The van der Waals surface area contributed by atoms with Crippen LogP contribution in [0.15, 0.2) is 22.8 Å². The maximum absolute atomic E-state index is 9.74. The first-order valence-electron chi connectivity index (χ1n) is 5.40. The van der Waals surface area contributed by atoms with Crippen molar-refractivity contribution in [1.29, 1.82) is 0 Å². The molecule has 1 unspecified atom stereocenters. The zero-order valence-electron chi connectivity index (χ0n) is 10.1. The molecule has 0 saturated carbocycles. The molecule has 1 heterocycles. The maximum atomic E-state index is 9.74. The third kappa shape index (κ3) is 2.34. The minimum atomic E-state index is -0.103. The summed E-state index contributed by atoms with van der Waals surface area (Å²) in [5, 5.41) is 9.74. The summed E-state index contributed by atoms with van der Waals surface area (Å²) in [6, 6.07) is 3.37. The first kappa shape index (κ1) is 12.9. The van der Waals surface area contributed by atoms with Crippen molar-refractivity contribution in [3.05, 3.63) is 28.5 Å². The van der Waals surface area contributed by atoms with Gasteiger partial charge in [0.25, 0.3) is 0 Å². The highest BCUT2D eigenvalue weighted by molar-refractivity contribution is 9.10. The molecule has 2 rings (SSSR count). The largest absolute Gasteiger partial charge is 0.503 e. The molecule has 2 aromatic rings. The molecule has 0 aliphatic carbocycles.